The van der Waals surface area contributed by atoms with Gasteiger partial charge in [-0.2, -0.15) is 13.2 Å². The molecule has 0 spiro atoms. The summed E-state index contributed by atoms with van der Waals surface area (Å²) < 4.78 is 52.4. The van der Waals surface area contributed by atoms with Crippen LogP contribution in [0, 0.1) is 0 Å². The number of ether oxygens (including phenoxy) is 1. The summed E-state index contributed by atoms with van der Waals surface area (Å²) in [5.41, 5.74) is -0.618. The molecule has 0 saturated heterocycles. The minimum absolute atomic E-state index is 0.179. The smallest absolute Gasteiger partial charge is 0.431 e. The predicted molar refractivity (Wildman–Crippen MR) is 119 cm³/mol. The van der Waals surface area contributed by atoms with Gasteiger partial charge in [0.1, 0.15) is 11.5 Å². The van der Waals surface area contributed by atoms with Gasteiger partial charge >= 0.3 is 6.18 Å². The third-order valence-electron chi connectivity index (χ3n) is 5.17. The van der Waals surface area contributed by atoms with Crippen molar-refractivity contribution in [3.8, 4) is 22.6 Å². The summed E-state index contributed by atoms with van der Waals surface area (Å²) in [4.78, 5) is 0. The number of rotatable bonds is 8. The van der Waals surface area contributed by atoms with Crippen LogP contribution in [0.5, 0.6) is 11.5 Å². The molecule has 0 radical (unpaired) electrons. The fraction of sp³-hybridized carbons (Fsp3) is 0.154. The molecule has 7 heteroatoms. The molecule has 0 aliphatic carbocycles. The fourth-order valence-electron chi connectivity index (χ4n) is 3.44. The molecule has 4 aromatic rings. The second-order valence-electron chi connectivity index (χ2n) is 7.66. The Bertz CT molecular complexity index is 1180. The average molecular weight is 453 g/mol. The highest BCUT2D eigenvalue weighted by Gasteiger charge is 2.53. The van der Waals surface area contributed by atoms with Crippen molar-refractivity contribution in [3.05, 3.63) is 109 Å². The Balaban J connectivity index is 1.50. The first-order valence-corrected chi connectivity index (χ1v) is 10.3. The Morgan fingerprint density at radius 1 is 0.788 bits per heavy atom. The summed E-state index contributed by atoms with van der Waals surface area (Å²) in [6.45, 7) is -0.179. The van der Waals surface area contributed by atoms with E-state index in [1.165, 1.54) is 18.4 Å². The zero-order valence-corrected chi connectivity index (χ0v) is 17.5. The molecule has 170 valence electrons. The molecule has 4 nitrogen and oxygen atoms in total. The number of hydrogen-bond donors (Lipinski definition) is 2. The van der Waals surface area contributed by atoms with E-state index in [0.29, 0.717) is 17.1 Å². The summed E-state index contributed by atoms with van der Waals surface area (Å²) in [7, 11) is 0. The minimum atomic E-state index is -4.90. The average Bonchev–Trinajstić information content (AvgIpc) is 3.33. The van der Waals surface area contributed by atoms with Crippen LogP contribution in [-0.2, 0) is 13.0 Å². The van der Waals surface area contributed by atoms with E-state index in [-0.39, 0.29) is 12.1 Å². The molecule has 2 N–H and O–H groups in total. The van der Waals surface area contributed by atoms with Crippen LogP contribution in [0.15, 0.2) is 102 Å². The number of hydrogen-bond acceptors (Lipinski definition) is 4. The van der Waals surface area contributed by atoms with Crippen LogP contribution in [0.3, 0.4) is 0 Å². The van der Waals surface area contributed by atoms with Crippen LogP contribution in [0.4, 0.5) is 13.2 Å². The minimum Gasteiger partial charge on any atom is -0.472 e. The van der Waals surface area contributed by atoms with Gasteiger partial charge in [-0.25, -0.2) is 0 Å². The highest BCUT2D eigenvalue weighted by Crippen LogP contribution is 2.33. The fourth-order valence-corrected chi connectivity index (χ4v) is 3.44. The molecule has 0 bridgehead atoms. The molecule has 1 heterocycles. The molecular formula is C26H22F3NO3. The van der Waals surface area contributed by atoms with E-state index < -0.39 is 18.3 Å². The highest BCUT2D eigenvalue weighted by atomic mass is 19.4. The maximum absolute atomic E-state index is 13.9. The van der Waals surface area contributed by atoms with Crippen molar-refractivity contribution in [1.29, 1.82) is 0 Å². The van der Waals surface area contributed by atoms with E-state index in [1.807, 2.05) is 12.1 Å². The molecule has 3 aromatic carbocycles. The molecular weight excluding hydrogens is 431 g/mol. The molecule has 1 atom stereocenters. The van der Waals surface area contributed by atoms with E-state index in [2.05, 4.69) is 5.32 Å². The third kappa shape index (κ3) is 5.63. The summed E-state index contributed by atoms with van der Waals surface area (Å²) in [5.74, 6) is 0.951. The molecule has 0 aliphatic heterocycles. The van der Waals surface area contributed by atoms with Crippen LogP contribution < -0.4 is 10.1 Å². The van der Waals surface area contributed by atoms with Gasteiger partial charge in [0.15, 0.2) is 0 Å². The van der Waals surface area contributed by atoms with E-state index in [1.54, 1.807) is 66.9 Å². The summed E-state index contributed by atoms with van der Waals surface area (Å²) in [6.07, 6.45) is -2.49. The Hall–Kier alpha value is -3.55. The lowest BCUT2D eigenvalue weighted by molar-refractivity contribution is -0.273. The van der Waals surface area contributed by atoms with Gasteiger partial charge in [0.2, 0.25) is 5.72 Å². The van der Waals surface area contributed by atoms with E-state index in [4.69, 9.17) is 9.15 Å². The molecule has 0 saturated carbocycles. The van der Waals surface area contributed by atoms with Gasteiger partial charge < -0.3 is 14.3 Å². The quantitative estimate of drug-likeness (QED) is 0.307. The van der Waals surface area contributed by atoms with Gasteiger partial charge in [-0.15, -0.1) is 0 Å². The summed E-state index contributed by atoms with van der Waals surface area (Å²) in [5, 5.41) is 12.9. The highest BCUT2D eigenvalue weighted by molar-refractivity contribution is 5.62. The molecule has 0 amide bonds. The van der Waals surface area contributed by atoms with E-state index in [9.17, 15) is 18.3 Å². The lowest BCUT2D eigenvalue weighted by Crippen LogP contribution is -2.58. The first kappa shape index (κ1) is 22.6. The van der Waals surface area contributed by atoms with Crippen LogP contribution >= 0.6 is 0 Å². The van der Waals surface area contributed by atoms with Crippen molar-refractivity contribution in [2.75, 3.05) is 0 Å². The number of para-hydroxylation sites is 1. The molecule has 33 heavy (non-hydrogen) atoms. The van der Waals surface area contributed by atoms with Gasteiger partial charge in [0, 0.05) is 18.5 Å². The number of nitrogens with one attached hydrogen (secondary N) is 1. The maximum Gasteiger partial charge on any atom is 0.431 e. The second-order valence-corrected chi connectivity index (χ2v) is 7.66. The Labute approximate surface area is 189 Å². The second kappa shape index (κ2) is 9.52. The number of aliphatic hydroxyl groups is 1. The van der Waals surface area contributed by atoms with E-state index in [0.717, 1.165) is 11.1 Å². The molecule has 0 aliphatic rings. The van der Waals surface area contributed by atoms with Gasteiger partial charge in [0.25, 0.3) is 0 Å². The van der Waals surface area contributed by atoms with Crippen LogP contribution in [-0.4, -0.2) is 17.0 Å². The molecule has 4 rings (SSSR count). The van der Waals surface area contributed by atoms with Gasteiger partial charge in [0.05, 0.1) is 12.5 Å². The first-order chi connectivity index (χ1) is 15.8. The summed E-state index contributed by atoms with van der Waals surface area (Å²) in [6, 6.07) is 24.0. The predicted octanol–water partition coefficient (Wildman–Crippen LogP) is 6.32. The van der Waals surface area contributed by atoms with Gasteiger partial charge in [-0.3, -0.25) is 5.32 Å². The Morgan fingerprint density at radius 3 is 2.24 bits per heavy atom. The third-order valence-corrected chi connectivity index (χ3v) is 5.17. The van der Waals surface area contributed by atoms with E-state index >= 15 is 0 Å². The van der Waals surface area contributed by atoms with Crippen molar-refractivity contribution >= 4 is 0 Å². The normalized spacial score (nSPS) is 13.5. The summed E-state index contributed by atoms with van der Waals surface area (Å²) >= 11 is 0. The zero-order valence-electron chi connectivity index (χ0n) is 17.5. The van der Waals surface area contributed by atoms with Gasteiger partial charge in [-0.05, 0) is 53.1 Å². The SMILES string of the molecule is OC(Cc1cccc(Oc2ccccc2)c1)(NCc1cccc(-c2ccoc2)c1)C(F)(F)F. The van der Waals surface area contributed by atoms with Crippen LogP contribution in [0.2, 0.25) is 0 Å². The van der Waals surface area contributed by atoms with Crippen molar-refractivity contribution < 1.29 is 27.4 Å². The van der Waals surface area contributed by atoms with Crippen molar-refractivity contribution in [3.63, 3.8) is 0 Å². The standard InChI is InChI=1S/C26H22F3NO3/c27-26(28,29)25(31,30-17-20-7-4-8-21(14-20)22-12-13-32-18-22)16-19-6-5-11-24(15-19)33-23-9-2-1-3-10-23/h1-15,18,30-31H,16-17H2. The topological polar surface area (TPSA) is 54.6 Å². The first-order valence-electron chi connectivity index (χ1n) is 10.3. The van der Waals surface area contributed by atoms with Crippen LogP contribution in [0.25, 0.3) is 11.1 Å². The number of halogens is 3. The largest absolute Gasteiger partial charge is 0.472 e. The van der Waals surface area contributed by atoms with Crippen LogP contribution in [0.1, 0.15) is 11.1 Å². The molecule has 1 unspecified atom stereocenters. The maximum atomic E-state index is 13.9. The number of benzene rings is 3. The molecule has 0 fully saturated rings. The van der Waals surface area contributed by atoms with Gasteiger partial charge in [-0.1, -0.05) is 48.5 Å². The lowest BCUT2D eigenvalue weighted by Gasteiger charge is -2.32. The Morgan fingerprint density at radius 2 is 1.52 bits per heavy atom. The zero-order chi connectivity index (χ0) is 23.3. The van der Waals surface area contributed by atoms with Crippen molar-refractivity contribution in [2.45, 2.75) is 24.9 Å². The van der Waals surface area contributed by atoms with Crippen molar-refractivity contribution in [1.82, 2.24) is 5.32 Å². The number of alkyl halides is 3. The van der Waals surface area contributed by atoms with Crippen molar-refractivity contribution in [2.24, 2.45) is 0 Å². The number of furan rings is 1. The lowest BCUT2D eigenvalue weighted by atomic mass is 10.0. The Kier molecular flexibility index (Phi) is 6.53. The molecule has 1 aromatic heterocycles. The monoisotopic (exact) mass is 453 g/mol.